The van der Waals surface area contributed by atoms with Crippen molar-refractivity contribution < 1.29 is 19.0 Å². The van der Waals surface area contributed by atoms with Gasteiger partial charge in [0.1, 0.15) is 16.9 Å². The van der Waals surface area contributed by atoms with Crippen molar-refractivity contribution >= 4 is 16.9 Å². The lowest BCUT2D eigenvalue weighted by Gasteiger charge is -2.15. The lowest BCUT2D eigenvalue weighted by molar-refractivity contribution is 0.0932. The number of aromatic hydroxyl groups is 1. The van der Waals surface area contributed by atoms with Crippen molar-refractivity contribution in [2.45, 2.75) is 13.0 Å². The average Bonchev–Trinajstić information content (AvgIpc) is 2.84. The van der Waals surface area contributed by atoms with Crippen LogP contribution in [-0.4, -0.2) is 45.8 Å². The van der Waals surface area contributed by atoms with Gasteiger partial charge in [-0.3, -0.25) is 24.1 Å². The van der Waals surface area contributed by atoms with Crippen molar-refractivity contribution in [3.63, 3.8) is 0 Å². The number of hydrogen-bond acceptors (Lipinski definition) is 6. The third kappa shape index (κ3) is 4.94. The monoisotopic (exact) mass is 462 g/mol. The molecule has 1 aromatic carbocycles. The Kier molecular flexibility index (Phi) is 6.93. The number of pyridine rings is 3. The molecule has 1 amide bonds. The SMILES string of the molecule is COCCNC(=O)c1c(O)c2ncc(Cc3ccc(F)cc3)cc2n(Cc2ccccn2)c1=O. The molecule has 0 saturated carbocycles. The van der Waals surface area contributed by atoms with Crippen LogP contribution in [0.3, 0.4) is 0 Å². The minimum Gasteiger partial charge on any atom is -0.505 e. The van der Waals surface area contributed by atoms with Crippen molar-refractivity contribution in [2.24, 2.45) is 0 Å². The maximum Gasteiger partial charge on any atom is 0.268 e. The first-order valence-corrected chi connectivity index (χ1v) is 10.6. The Hall–Kier alpha value is -4.11. The van der Waals surface area contributed by atoms with Gasteiger partial charge in [0.25, 0.3) is 11.5 Å². The van der Waals surface area contributed by atoms with Gasteiger partial charge in [-0.25, -0.2) is 4.39 Å². The molecule has 0 aliphatic carbocycles. The zero-order valence-electron chi connectivity index (χ0n) is 18.5. The summed E-state index contributed by atoms with van der Waals surface area (Å²) in [5, 5.41) is 13.4. The molecule has 4 aromatic rings. The summed E-state index contributed by atoms with van der Waals surface area (Å²) in [6.45, 7) is 0.514. The van der Waals surface area contributed by atoms with E-state index in [0.717, 1.165) is 11.1 Å². The van der Waals surface area contributed by atoms with E-state index in [0.29, 0.717) is 17.6 Å². The molecule has 2 N–H and O–H groups in total. The lowest BCUT2D eigenvalue weighted by atomic mass is 10.1. The molecule has 0 saturated heterocycles. The number of halogens is 1. The largest absolute Gasteiger partial charge is 0.505 e. The highest BCUT2D eigenvalue weighted by molar-refractivity contribution is 6.01. The minimum absolute atomic E-state index is 0.0798. The first kappa shape index (κ1) is 23.1. The number of nitrogens with one attached hydrogen (secondary N) is 1. The lowest BCUT2D eigenvalue weighted by Crippen LogP contribution is -2.35. The van der Waals surface area contributed by atoms with Gasteiger partial charge < -0.3 is 15.2 Å². The second kappa shape index (κ2) is 10.2. The van der Waals surface area contributed by atoms with Crippen LogP contribution in [0.25, 0.3) is 11.0 Å². The van der Waals surface area contributed by atoms with E-state index in [1.54, 1.807) is 48.8 Å². The molecule has 3 heterocycles. The molecular formula is C25H23FN4O4. The summed E-state index contributed by atoms with van der Waals surface area (Å²) < 4.78 is 19.6. The second-order valence-corrected chi connectivity index (χ2v) is 7.70. The first-order chi connectivity index (χ1) is 16.5. The molecule has 0 spiro atoms. The fourth-order valence-electron chi connectivity index (χ4n) is 3.65. The maximum absolute atomic E-state index is 13.4. The van der Waals surface area contributed by atoms with Crippen LogP contribution in [0.5, 0.6) is 5.75 Å². The number of methoxy groups -OCH3 is 1. The molecule has 34 heavy (non-hydrogen) atoms. The van der Waals surface area contributed by atoms with Crippen LogP contribution in [0.2, 0.25) is 0 Å². The Morgan fingerprint density at radius 2 is 1.94 bits per heavy atom. The van der Waals surface area contributed by atoms with E-state index in [1.807, 2.05) is 0 Å². The number of ether oxygens (including phenoxy) is 1. The maximum atomic E-state index is 13.4. The normalized spacial score (nSPS) is 11.0. The van der Waals surface area contributed by atoms with Crippen molar-refractivity contribution in [1.29, 1.82) is 0 Å². The van der Waals surface area contributed by atoms with E-state index in [2.05, 4.69) is 15.3 Å². The highest BCUT2D eigenvalue weighted by Gasteiger charge is 2.23. The number of aromatic nitrogens is 3. The molecule has 3 aromatic heterocycles. The average molecular weight is 462 g/mol. The van der Waals surface area contributed by atoms with E-state index in [9.17, 15) is 19.1 Å². The van der Waals surface area contributed by atoms with E-state index in [1.165, 1.54) is 23.8 Å². The zero-order valence-corrected chi connectivity index (χ0v) is 18.5. The van der Waals surface area contributed by atoms with Crippen LogP contribution in [0.15, 0.2) is 65.7 Å². The number of benzene rings is 1. The molecule has 0 bridgehead atoms. The van der Waals surface area contributed by atoms with E-state index in [-0.39, 0.29) is 31.0 Å². The number of rotatable bonds is 8. The zero-order chi connectivity index (χ0) is 24.1. The van der Waals surface area contributed by atoms with Crippen molar-refractivity contribution in [1.82, 2.24) is 19.9 Å². The van der Waals surface area contributed by atoms with E-state index < -0.39 is 22.8 Å². The number of hydrogen-bond donors (Lipinski definition) is 2. The summed E-state index contributed by atoms with van der Waals surface area (Å²) in [4.78, 5) is 34.8. The Morgan fingerprint density at radius 3 is 2.65 bits per heavy atom. The Balaban J connectivity index is 1.83. The van der Waals surface area contributed by atoms with Gasteiger partial charge in [0.05, 0.1) is 24.4 Å². The van der Waals surface area contributed by atoms with Gasteiger partial charge in [-0.1, -0.05) is 18.2 Å². The Morgan fingerprint density at radius 1 is 1.15 bits per heavy atom. The third-order valence-electron chi connectivity index (χ3n) is 5.32. The Bertz CT molecular complexity index is 1370. The smallest absolute Gasteiger partial charge is 0.268 e. The predicted octanol–water partition coefficient (Wildman–Crippen LogP) is 2.65. The minimum atomic E-state index is -0.714. The second-order valence-electron chi connectivity index (χ2n) is 7.70. The first-order valence-electron chi connectivity index (χ1n) is 10.6. The van der Waals surface area contributed by atoms with Crippen LogP contribution < -0.4 is 10.9 Å². The van der Waals surface area contributed by atoms with Crippen LogP contribution in [0.4, 0.5) is 4.39 Å². The highest BCUT2D eigenvalue weighted by atomic mass is 19.1. The van der Waals surface area contributed by atoms with Gasteiger partial charge in [-0.15, -0.1) is 0 Å². The van der Waals surface area contributed by atoms with Gasteiger partial charge in [0, 0.05) is 26.0 Å². The standard InChI is InChI=1S/C25H23FN4O4/c1-34-11-10-28-24(32)21-23(31)22-20(30(25(21)33)15-19-4-2-3-9-27-19)13-17(14-29-22)12-16-5-7-18(26)8-6-16/h2-9,13-14,31H,10-12,15H2,1H3,(H,28,32). The Labute approximate surface area is 194 Å². The highest BCUT2D eigenvalue weighted by Crippen LogP contribution is 2.26. The van der Waals surface area contributed by atoms with Gasteiger partial charge >= 0.3 is 0 Å². The molecule has 9 heteroatoms. The molecule has 0 atom stereocenters. The van der Waals surface area contributed by atoms with Crippen LogP contribution in [0, 0.1) is 5.82 Å². The van der Waals surface area contributed by atoms with Crippen molar-refractivity contribution in [3.8, 4) is 5.75 Å². The summed E-state index contributed by atoms with van der Waals surface area (Å²) in [7, 11) is 1.49. The van der Waals surface area contributed by atoms with E-state index >= 15 is 0 Å². The summed E-state index contributed by atoms with van der Waals surface area (Å²) in [5.41, 5.74) is 1.65. The van der Waals surface area contributed by atoms with Crippen LogP contribution >= 0.6 is 0 Å². The molecular weight excluding hydrogens is 439 g/mol. The molecule has 8 nitrogen and oxygen atoms in total. The van der Waals surface area contributed by atoms with Crippen molar-refractivity contribution in [2.75, 3.05) is 20.3 Å². The number of nitrogens with zero attached hydrogens (tertiary/aromatic N) is 3. The molecule has 0 unspecified atom stereocenters. The van der Waals surface area contributed by atoms with E-state index in [4.69, 9.17) is 4.74 Å². The fraction of sp³-hybridized carbons (Fsp3) is 0.200. The number of carbonyl (C=O) groups excluding carboxylic acids is 1. The number of amides is 1. The predicted molar refractivity (Wildman–Crippen MR) is 124 cm³/mol. The summed E-state index contributed by atoms with van der Waals surface area (Å²) in [6.07, 6.45) is 3.62. The molecule has 4 rings (SSSR count). The third-order valence-corrected chi connectivity index (χ3v) is 5.32. The van der Waals surface area contributed by atoms with Gasteiger partial charge in [0.2, 0.25) is 0 Å². The van der Waals surface area contributed by atoms with Crippen LogP contribution in [0.1, 0.15) is 27.2 Å². The number of carbonyl (C=O) groups is 1. The number of fused-ring (bicyclic) bond motifs is 1. The van der Waals surface area contributed by atoms with Gasteiger partial charge in [-0.05, 0) is 47.9 Å². The quantitative estimate of drug-likeness (QED) is 0.390. The van der Waals surface area contributed by atoms with Gasteiger partial charge in [0.15, 0.2) is 5.75 Å². The summed E-state index contributed by atoms with van der Waals surface area (Å²) in [5.74, 6) is -1.53. The molecule has 0 aliphatic rings. The topological polar surface area (TPSA) is 106 Å². The van der Waals surface area contributed by atoms with Crippen LogP contribution in [-0.2, 0) is 17.7 Å². The van der Waals surface area contributed by atoms with Crippen molar-refractivity contribution in [3.05, 3.63) is 99.5 Å². The molecule has 0 aliphatic heterocycles. The fourth-order valence-corrected chi connectivity index (χ4v) is 3.65. The van der Waals surface area contributed by atoms with Gasteiger partial charge in [-0.2, -0.15) is 0 Å². The summed E-state index contributed by atoms with van der Waals surface area (Å²) in [6, 6.07) is 13.2. The molecule has 174 valence electrons. The molecule has 0 fully saturated rings. The summed E-state index contributed by atoms with van der Waals surface area (Å²) >= 11 is 0. The molecule has 0 radical (unpaired) electrons.